The van der Waals surface area contributed by atoms with Gasteiger partial charge in [0.25, 0.3) is 5.91 Å². The second-order valence-corrected chi connectivity index (χ2v) is 6.54. The highest BCUT2D eigenvalue weighted by Crippen LogP contribution is 2.35. The van der Waals surface area contributed by atoms with Gasteiger partial charge in [-0.2, -0.15) is 4.98 Å². The SMILES string of the molecule is COc1ncc(-c2cccc3c(N)c(C(=O)NC4CCC4)nnc23)c(OC)n1. The number of aromatic nitrogens is 4. The smallest absolute Gasteiger partial charge is 0.319 e. The second-order valence-electron chi connectivity index (χ2n) is 6.54. The number of nitrogens with two attached hydrogens (primary N) is 1. The average molecular weight is 380 g/mol. The van der Waals surface area contributed by atoms with Gasteiger partial charge in [-0.05, 0) is 19.3 Å². The van der Waals surface area contributed by atoms with Crippen LogP contribution in [0.1, 0.15) is 29.8 Å². The zero-order valence-electron chi connectivity index (χ0n) is 15.6. The van der Waals surface area contributed by atoms with Crippen molar-refractivity contribution in [3.05, 3.63) is 30.1 Å². The summed E-state index contributed by atoms with van der Waals surface area (Å²) >= 11 is 0. The molecule has 2 heterocycles. The Morgan fingerprint density at radius 3 is 2.68 bits per heavy atom. The molecule has 0 bridgehead atoms. The van der Waals surface area contributed by atoms with Crippen LogP contribution >= 0.6 is 0 Å². The van der Waals surface area contributed by atoms with E-state index in [1.807, 2.05) is 12.1 Å². The van der Waals surface area contributed by atoms with Crippen molar-refractivity contribution >= 4 is 22.5 Å². The number of nitrogens with one attached hydrogen (secondary N) is 1. The van der Waals surface area contributed by atoms with E-state index >= 15 is 0 Å². The molecule has 0 radical (unpaired) electrons. The molecular formula is C19H20N6O3. The molecule has 1 aromatic carbocycles. The van der Waals surface area contributed by atoms with E-state index in [0.29, 0.717) is 27.9 Å². The number of nitrogen functional groups attached to an aromatic ring is 1. The first kappa shape index (κ1) is 17.9. The number of carbonyl (C=O) groups is 1. The van der Waals surface area contributed by atoms with Crippen molar-refractivity contribution in [3.8, 4) is 23.0 Å². The molecule has 1 fully saturated rings. The quantitative estimate of drug-likeness (QED) is 0.688. The predicted molar refractivity (Wildman–Crippen MR) is 103 cm³/mol. The number of anilines is 1. The van der Waals surface area contributed by atoms with E-state index in [2.05, 4.69) is 25.5 Å². The fourth-order valence-corrected chi connectivity index (χ4v) is 3.13. The minimum absolute atomic E-state index is 0.134. The molecule has 2 aromatic heterocycles. The van der Waals surface area contributed by atoms with Crippen LogP contribution < -0.4 is 20.5 Å². The molecular weight excluding hydrogens is 360 g/mol. The normalized spacial score (nSPS) is 13.8. The Labute approximate surface area is 161 Å². The monoisotopic (exact) mass is 380 g/mol. The highest BCUT2D eigenvalue weighted by atomic mass is 16.5. The molecule has 3 N–H and O–H groups in total. The highest BCUT2D eigenvalue weighted by Gasteiger charge is 2.24. The molecule has 0 atom stereocenters. The van der Waals surface area contributed by atoms with Crippen LogP contribution in [0.2, 0.25) is 0 Å². The van der Waals surface area contributed by atoms with Crippen LogP contribution in [-0.2, 0) is 0 Å². The molecule has 4 rings (SSSR count). The standard InChI is InChI=1S/C19H20N6O3/c1-27-18-13(9-21-19(23-18)28-2)11-7-4-8-12-14(20)16(25-24-15(11)12)17(26)22-10-5-3-6-10/h4,7-10H,3,5-6H2,1-2H3,(H2,20,24)(H,22,26). The molecule has 0 saturated heterocycles. The topological polar surface area (TPSA) is 125 Å². The molecule has 1 aliphatic rings. The largest absolute Gasteiger partial charge is 0.480 e. The van der Waals surface area contributed by atoms with Crippen molar-refractivity contribution in [2.75, 3.05) is 20.0 Å². The van der Waals surface area contributed by atoms with Crippen LogP contribution in [0.15, 0.2) is 24.4 Å². The number of nitrogens with zero attached hydrogens (tertiary/aromatic N) is 4. The number of benzene rings is 1. The zero-order chi connectivity index (χ0) is 19.7. The lowest BCUT2D eigenvalue weighted by atomic mass is 9.93. The Kier molecular flexibility index (Phi) is 4.64. The van der Waals surface area contributed by atoms with Crippen LogP contribution in [0, 0.1) is 0 Å². The average Bonchev–Trinajstić information content (AvgIpc) is 2.70. The molecule has 1 aliphatic carbocycles. The number of ether oxygens (including phenoxy) is 2. The minimum Gasteiger partial charge on any atom is -0.480 e. The van der Waals surface area contributed by atoms with Gasteiger partial charge in [0.1, 0.15) is 5.52 Å². The van der Waals surface area contributed by atoms with Crippen molar-refractivity contribution < 1.29 is 14.3 Å². The number of hydrogen-bond acceptors (Lipinski definition) is 8. The first-order chi connectivity index (χ1) is 13.6. The number of hydrogen-bond donors (Lipinski definition) is 2. The first-order valence-electron chi connectivity index (χ1n) is 8.93. The van der Waals surface area contributed by atoms with Crippen LogP contribution in [0.25, 0.3) is 22.0 Å². The van der Waals surface area contributed by atoms with Crippen molar-refractivity contribution in [2.45, 2.75) is 25.3 Å². The molecule has 0 aliphatic heterocycles. The zero-order valence-corrected chi connectivity index (χ0v) is 15.6. The molecule has 0 unspecified atom stereocenters. The summed E-state index contributed by atoms with van der Waals surface area (Å²) in [5.74, 6) is 0.0406. The van der Waals surface area contributed by atoms with Gasteiger partial charge in [0, 0.05) is 23.2 Å². The van der Waals surface area contributed by atoms with Gasteiger partial charge in [0.2, 0.25) is 5.88 Å². The summed E-state index contributed by atoms with van der Waals surface area (Å²) in [6.45, 7) is 0. The van der Waals surface area contributed by atoms with E-state index in [1.54, 1.807) is 12.3 Å². The summed E-state index contributed by atoms with van der Waals surface area (Å²) in [5.41, 5.74) is 8.55. The third-order valence-corrected chi connectivity index (χ3v) is 4.88. The van der Waals surface area contributed by atoms with Gasteiger partial charge in [0.05, 0.1) is 25.5 Å². The van der Waals surface area contributed by atoms with Gasteiger partial charge in [-0.3, -0.25) is 4.79 Å². The fraction of sp³-hybridized carbons (Fsp3) is 0.316. The lowest BCUT2D eigenvalue weighted by Gasteiger charge is -2.26. The van der Waals surface area contributed by atoms with Gasteiger partial charge >= 0.3 is 6.01 Å². The molecule has 0 spiro atoms. The number of carbonyl (C=O) groups excluding carboxylic acids is 1. The van der Waals surface area contributed by atoms with Crippen molar-refractivity contribution in [2.24, 2.45) is 0 Å². The maximum Gasteiger partial charge on any atom is 0.319 e. The highest BCUT2D eigenvalue weighted by molar-refractivity contribution is 6.07. The Hall–Kier alpha value is -3.49. The van der Waals surface area contributed by atoms with E-state index in [-0.39, 0.29) is 29.3 Å². The molecule has 1 amide bonds. The Balaban J connectivity index is 1.79. The molecule has 9 nitrogen and oxygen atoms in total. The molecule has 9 heteroatoms. The predicted octanol–water partition coefficient (Wildman–Crippen LogP) is 1.97. The summed E-state index contributed by atoms with van der Waals surface area (Å²) in [5, 5.41) is 11.9. The Morgan fingerprint density at radius 2 is 2.00 bits per heavy atom. The van der Waals surface area contributed by atoms with Crippen LogP contribution in [0.3, 0.4) is 0 Å². The van der Waals surface area contributed by atoms with Gasteiger partial charge in [-0.25, -0.2) is 4.98 Å². The third kappa shape index (κ3) is 3.04. The first-order valence-corrected chi connectivity index (χ1v) is 8.93. The van der Waals surface area contributed by atoms with Crippen molar-refractivity contribution in [3.63, 3.8) is 0 Å². The maximum absolute atomic E-state index is 12.5. The van der Waals surface area contributed by atoms with E-state index in [0.717, 1.165) is 19.3 Å². The lowest BCUT2D eigenvalue weighted by Crippen LogP contribution is -2.40. The number of rotatable bonds is 5. The second kappa shape index (κ2) is 7.26. The third-order valence-electron chi connectivity index (χ3n) is 4.88. The number of methoxy groups -OCH3 is 2. The summed E-state index contributed by atoms with van der Waals surface area (Å²) < 4.78 is 10.4. The van der Waals surface area contributed by atoms with Crippen LogP contribution in [-0.4, -0.2) is 46.3 Å². The van der Waals surface area contributed by atoms with Gasteiger partial charge in [0.15, 0.2) is 5.69 Å². The van der Waals surface area contributed by atoms with E-state index < -0.39 is 0 Å². The van der Waals surface area contributed by atoms with Crippen molar-refractivity contribution in [1.82, 2.24) is 25.5 Å². The summed E-state index contributed by atoms with van der Waals surface area (Å²) in [6, 6.07) is 5.86. The summed E-state index contributed by atoms with van der Waals surface area (Å²) in [6.07, 6.45) is 4.68. The van der Waals surface area contributed by atoms with Gasteiger partial charge in [-0.1, -0.05) is 18.2 Å². The maximum atomic E-state index is 12.5. The number of fused-ring (bicyclic) bond motifs is 1. The lowest BCUT2D eigenvalue weighted by molar-refractivity contribution is 0.0912. The molecule has 1 saturated carbocycles. The molecule has 28 heavy (non-hydrogen) atoms. The van der Waals surface area contributed by atoms with Crippen LogP contribution in [0.4, 0.5) is 5.69 Å². The number of amides is 1. The summed E-state index contributed by atoms with van der Waals surface area (Å²) in [4.78, 5) is 20.9. The minimum atomic E-state index is -0.299. The van der Waals surface area contributed by atoms with E-state index in [9.17, 15) is 4.79 Å². The van der Waals surface area contributed by atoms with E-state index in [1.165, 1.54) is 14.2 Å². The Bertz CT molecular complexity index is 1050. The van der Waals surface area contributed by atoms with Crippen molar-refractivity contribution in [1.29, 1.82) is 0 Å². The Morgan fingerprint density at radius 1 is 1.18 bits per heavy atom. The van der Waals surface area contributed by atoms with Gasteiger partial charge in [-0.15, -0.1) is 10.2 Å². The van der Waals surface area contributed by atoms with Gasteiger partial charge < -0.3 is 20.5 Å². The summed E-state index contributed by atoms with van der Waals surface area (Å²) in [7, 11) is 2.99. The van der Waals surface area contributed by atoms with E-state index in [4.69, 9.17) is 15.2 Å². The van der Waals surface area contributed by atoms with Crippen LogP contribution in [0.5, 0.6) is 11.9 Å². The molecule has 3 aromatic rings. The molecule has 144 valence electrons. The fourth-order valence-electron chi connectivity index (χ4n) is 3.13.